The highest BCUT2D eigenvalue weighted by Gasteiger charge is 2.36. The Kier molecular flexibility index (Phi) is 3.22. The maximum Gasteiger partial charge on any atom is 0.305 e. The van der Waals surface area contributed by atoms with Crippen LogP contribution in [0.15, 0.2) is 12.1 Å². The molecule has 5 nitrogen and oxygen atoms in total. The molecular formula is C14H18N2O3. The number of aryl methyl sites for hydroxylation is 1. The van der Waals surface area contributed by atoms with E-state index in [2.05, 4.69) is 0 Å². The van der Waals surface area contributed by atoms with Gasteiger partial charge in [-0.2, -0.15) is 0 Å². The second kappa shape index (κ2) is 4.57. The van der Waals surface area contributed by atoms with Gasteiger partial charge >= 0.3 is 5.97 Å². The normalized spacial score (nSPS) is 18.5. The second-order valence-corrected chi connectivity index (χ2v) is 5.00. The summed E-state index contributed by atoms with van der Waals surface area (Å²) >= 11 is 0. The van der Waals surface area contributed by atoms with E-state index in [9.17, 15) is 9.59 Å². The molecule has 1 N–H and O–H groups in total. The average molecular weight is 262 g/mol. The van der Waals surface area contributed by atoms with E-state index in [-0.39, 0.29) is 12.3 Å². The minimum absolute atomic E-state index is 0.180. The minimum atomic E-state index is -0.965. The van der Waals surface area contributed by atoms with Gasteiger partial charge in [-0.3, -0.25) is 9.59 Å². The lowest BCUT2D eigenvalue weighted by Crippen LogP contribution is -2.51. The Morgan fingerprint density at radius 1 is 1.32 bits per heavy atom. The number of nitrogens with zero attached hydrogens (tertiary/aromatic N) is 2. The van der Waals surface area contributed by atoms with Crippen LogP contribution in [0.3, 0.4) is 0 Å². The summed E-state index contributed by atoms with van der Waals surface area (Å²) in [7, 11) is 3.47. The molecule has 0 aliphatic carbocycles. The van der Waals surface area contributed by atoms with Crippen LogP contribution in [0.4, 0.5) is 11.4 Å². The number of benzene rings is 1. The number of likely N-dealkylation sites (N-methyl/N-ethyl adjacent to an activating group) is 2. The van der Waals surface area contributed by atoms with Crippen LogP contribution in [0.5, 0.6) is 0 Å². The van der Waals surface area contributed by atoms with E-state index in [1.165, 1.54) is 0 Å². The predicted molar refractivity (Wildman–Crippen MR) is 73.8 cm³/mol. The van der Waals surface area contributed by atoms with Crippen LogP contribution in [0.25, 0.3) is 0 Å². The summed E-state index contributed by atoms with van der Waals surface area (Å²) in [6.45, 7) is 4.00. The molecule has 0 aromatic heterocycles. The SMILES string of the molecule is Cc1ccc2c(c1C)N(C)C(CC(=O)O)C(=O)N2C. The van der Waals surface area contributed by atoms with E-state index in [1.54, 1.807) is 23.9 Å². The molecule has 0 fully saturated rings. The van der Waals surface area contributed by atoms with Crippen molar-refractivity contribution in [3.63, 3.8) is 0 Å². The minimum Gasteiger partial charge on any atom is -0.481 e. The Hall–Kier alpha value is -2.04. The van der Waals surface area contributed by atoms with Crippen LogP contribution in [0.2, 0.25) is 0 Å². The summed E-state index contributed by atoms with van der Waals surface area (Å²) in [4.78, 5) is 26.5. The highest BCUT2D eigenvalue weighted by Crippen LogP contribution is 2.39. The summed E-state index contributed by atoms with van der Waals surface area (Å²) in [5.41, 5.74) is 3.97. The molecule has 1 aromatic carbocycles. The maximum absolute atomic E-state index is 12.3. The average Bonchev–Trinajstić information content (AvgIpc) is 2.35. The first-order valence-corrected chi connectivity index (χ1v) is 6.17. The van der Waals surface area contributed by atoms with Crippen LogP contribution in [0.1, 0.15) is 17.5 Å². The highest BCUT2D eigenvalue weighted by molar-refractivity contribution is 6.07. The molecule has 0 bridgehead atoms. The highest BCUT2D eigenvalue weighted by atomic mass is 16.4. The molecule has 1 aliphatic rings. The molecule has 0 spiro atoms. The number of carbonyl (C=O) groups excluding carboxylic acids is 1. The molecule has 5 heteroatoms. The van der Waals surface area contributed by atoms with Crippen molar-refractivity contribution in [3.8, 4) is 0 Å². The number of rotatable bonds is 2. The van der Waals surface area contributed by atoms with Gasteiger partial charge in [0, 0.05) is 14.1 Å². The monoisotopic (exact) mass is 262 g/mol. The number of carboxylic acid groups (broad SMARTS) is 1. The van der Waals surface area contributed by atoms with Gasteiger partial charge in [-0.25, -0.2) is 0 Å². The van der Waals surface area contributed by atoms with Gasteiger partial charge in [0.25, 0.3) is 0 Å². The summed E-state index contributed by atoms with van der Waals surface area (Å²) in [6, 6.07) is 3.24. The van der Waals surface area contributed by atoms with Crippen molar-refractivity contribution in [1.29, 1.82) is 0 Å². The topological polar surface area (TPSA) is 60.9 Å². The summed E-state index contributed by atoms with van der Waals surface area (Å²) in [5, 5.41) is 8.96. The third-order valence-electron chi connectivity index (χ3n) is 3.85. The number of fused-ring (bicyclic) bond motifs is 1. The van der Waals surface area contributed by atoms with Crippen molar-refractivity contribution >= 4 is 23.3 Å². The quantitative estimate of drug-likeness (QED) is 0.878. The van der Waals surface area contributed by atoms with Crippen molar-refractivity contribution in [1.82, 2.24) is 0 Å². The molecule has 102 valence electrons. The van der Waals surface area contributed by atoms with E-state index in [0.717, 1.165) is 22.5 Å². The lowest BCUT2D eigenvalue weighted by atomic mass is 9.99. The van der Waals surface area contributed by atoms with E-state index < -0.39 is 12.0 Å². The Morgan fingerprint density at radius 3 is 2.53 bits per heavy atom. The zero-order valence-corrected chi connectivity index (χ0v) is 11.6. The summed E-state index contributed by atoms with van der Waals surface area (Å²) in [6.07, 6.45) is -0.188. The third-order valence-corrected chi connectivity index (χ3v) is 3.85. The standard InChI is InChI=1S/C14H18N2O3/c1-8-5-6-10-13(9(8)2)15(3)11(7-12(17)18)14(19)16(10)4/h5-6,11H,7H2,1-4H3,(H,17,18). The Balaban J connectivity index is 2.56. The third kappa shape index (κ3) is 2.05. The maximum atomic E-state index is 12.3. The smallest absolute Gasteiger partial charge is 0.305 e. The zero-order valence-electron chi connectivity index (χ0n) is 11.6. The first kappa shape index (κ1) is 13.4. The number of hydrogen-bond acceptors (Lipinski definition) is 3. The molecular weight excluding hydrogens is 244 g/mol. The summed E-state index contributed by atoms with van der Waals surface area (Å²) in [5.74, 6) is -1.15. The van der Waals surface area contributed by atoms with Crippen molar-refractivity contribution < 1.29 is 14.7 Å². The van der Waals surface area contributed by atoms with Crippen LogP contribution in [-0.4, -0.2) is 37.1 Å². The lowest BCUT2D eigenvalue weighted by Gasteiger charge is -2.40. The molecule has 1 aromatic rings. The van der Waals surface area contributed by atoms with Crippen molar-refractivity contribution in [2.24, 2.45) is 0 Å². The molecule has 1 amide bonds. The first-order valence-electron chi connectivity index (χ1n) is 6.17. The van der Waals surface area contributed by atoms with Crippen molar-refractivity contribution in [2.45, 2.75) is 26.3 Å². The molecule has 19 heavy (non-hydrogen) atoms. The molecule has 1 heterocycles. The number of carbonyl (C=O) groups is 2. The molecule has 0 saturated heterocycles. The Morgan fingerprint density at radius 2 is 1.95 bits per heavy atom. The van der Waals surface area contributed by atoms with E-state index in [4.69, 9.17) is 5.11 Å². The van der Waals surface area contributed by atoms with Gasteiger partial charge in [-0.15, -0.1) is 0 Å². The van der Waals surface area contributed by atoms with Gasteiger partial charge in [0.15, 0.2) is 0 Å². The van der Waals surface area contributed by atoms with Gasteiger partial charge in [-0.1, -0.05) is 6.07 Å². The van der Waals surface area contributed by atoms with Crippen molar-refractivity contribution in [2.75, 3.05) is 23.9 Å². The van der Waals surface area contributed by atoms with E-state index >= 15 is 0 Å². The van der Waals surface area contributed by atoms with Crippen LogP contribution in [0, 0.1) is 13.8 Å². The van der Waals surface area contributed by atoms with E-state index in [0.29, 0.717) is 0 Å². The number of aliphatic carboxylic acids is 1. The fraction of sp³-hybridized carbons (Fsp3) is 0.429. The number of hydrogen-bond donors (Lipinski definition) is 1. The molecule has 2 rings (SSSR count). The van der Waals surface area contributed by atoms with Gasteiger partial charge < -0.3 is 14.9 Å². The van der Waals surface area contributed by atoms with Crippen LogP contribution in [-0.2, 0) is 9.59 Å². The predicted octanol–water partition coefficient (Wildman–Crippen LogP) is 1.56. The van der Waals surface area contributed by atoms with Crippen molar-refractivity contribution in [3.05, 3.63) is 23.3 Å². The number of carboxylic acids is 1. The Labute approximate surface area is 112 Å². The number of amides is 1. The molecule has 0 radical (unpaired) electrons. The molecule has 1 atom stereocenters. The lowest BCUT2D eigenvalue weighted by molar-refractivity contribution is -0.139. The zero-order chi connectivity index (χ0) is 14.3. The molecule has 1 aliphatic heterocycles. The van der Waals surface area contributed by atoms with Crippen LogP contribution < -0.4 is 9.80 Å². The molecule has 1 unspecified atom stereocenters. The second-order valence-electron chi connectivity index (χ2n) is 5.00. The summed E-state index contributed by atoms with van der Waals surface area (Å²) < 4.78 is 0. The largest absolute Gasteiger partial charge is 0.481 e. The molecule has 0 saturated carbocycles. The Bertz CT molecular complexity index is 554. The fourth-order valence-corrected chi connectivity index (χ4v) is 2.56. The van der Waals surface area contributed by atoms with Gasteiger partial charge in [0.2, 0.25) is 5.91 Å². The fourth-order valence-electron chi connectivity index (χ4n) is 2.56. The van der Waals surface area contributed by atoms with Crippen LogP contribution >= 0.6 is 0 Å². The first-order chi connectivity index (χ1) is 8.84. The number of anilines is 2. The van der Waals surface area contributed by atoms with Gasteiger partial charge in [0.1, 0.15) is 6.04 Å². The van der Waals surface area contributed by atoms with Gasteiger partial charge in [0.05, 0.1) is 17.8 Å². The van der Waals surface area contributed by atoms with Gasteiger partial charge in [-0.05, 0) is 31.0 Å². The van der Waals surface area contributed by atoms with E-state index in [1.807, 2.05) is 26.0 Å².